The van der Waals surface area contributed by atoms with Gasteiger partial charge in [0.2, 0.25) is 0 Å². The molecule has 0 aromatic heterocycles. The Bertz CT molecular complexity index is 574. The molecule has 7 heteroatoms. The first kappa shape index (κ1) is 17.7. The Morgan fingerprint density at radius 2 is 1.96 bits per heavy atom. The van der Waals surface area contributed by atoms with Crippen molar-refractivity contribution in [1.82, 2.24) is 10.6 Å². The summed E-state index contributed by atoms with van der Waals surface area (Å²) in [5, 5.41) is 14.6. The van der Waals surface area contributed by atoms with Gasteiger partial charge in [-0.25, -0.2) is 9.18 Å². The van der Waals surface area contributed by atoms with Crippen molar-refractivity contribution in [3.05, 3.63) is 34.1 Å². The lowest BCUT2D eigenvalue weighted by atomic mass is 9.86. The highest BCUT2D eigenvalue weighted by atomic mass is 79.9. The van der Waals surface area contributed by atoms with Crippen molar-refractivity contribution >= 4 is 27.9 Å². The maximum Gasteiger partial charge on any atom is 0.315 e. The molecule has 0 spiro atoms. The molecule has 0 heterocycles. The van der Waals surface area contributed by atoms with Gasteiger partial charge in [-0.3, -0.25) is 4.79 Å². The van der Waals surface area contributed by atoms with Crippen LogP contribution in [0.5, 0.6) is 0 Å². The number of urea groups is 1. The van der Waals surface area contributed by atoms with Crippen molar-refractivity contribution in [3.63, 3.8) is 0 Å². The summed E-state index contributed by atoms with van der Waals surface area (Å²) in [4.78, 5) is 22.7. The van der Waals surface area contributed by atoms with Crippen LogP contribution in [0.1, 0.15) is 31.2 Å². The Labute approximate surface area is 142 Å². The molecular weight excluding hydrogens is 367 g/mol. The second kappa shape index (κ2) is 8.29. The van der Waals surface area contributed by atoms with Crippen molar-refractivity contribution in [2.45, 2.75) is 38.1 Å². The molecule has 1 aromatic carbocycles. The zero-order chi connectivity index (χ0) is 16.8. The zero-order valence-electron chi connectivity index (χ0n) is 12.6. The van der Waals surface area contributed by atoms with Crippen LogP contribution in [0, 0.1) is 11.7 Å². The fourth-order valence-corrected chi connectivity index (χ4v) is 3.16. The predicted molar refractivity (Wildman–Crippen MR) is 87.7 cm³/mol. The van der Waals surface area contributed by atoms with Gasteiger partial charge < -0.3 is 15.7 Å². The molecule has 3 N–H and O–H groups in total. The third-order valence-electron chi connectivity index (χ3n) is 4.09. The Balaban J connectivity index is 1.67. The van der Waals surface area contributed by atoms with E-state index in [0.717, 1.165) is 5.56 Å². The molecule has 1 saturated carbocycles. The first-order valence-corrected chi connectivity index (χ1v) is 8.46. The van der Waals surface area contributed by atoms with E-state index < -0.39 is 5.97 Å². The van der Waals surface area contributed by atoms with Gasteiger partial charge in [0.15, 0.2) is 0 Å². The number of amides is 2. The van der Waals surface area contributed by atoms with Crippen LogP contribution >= 0.6 is 15.9 Å². The lowest BCUT2D eigenvalue weighted by molar-refractivity contribution is -0.142. The number of hydrogen-bond donors (Lipinski definition) is 3. The van der Waals surface area contributed by atoms with E-state index in [0.29, 0.717) is 43.1 Å². The molecule has 0 radical (unpaired) electrons. The molecular formula is C16H20BrFN2O3. The topological polar surface area (TPSA) is 78.4 Å². The summed E-state index contributed by atoms with van der Waals surface area (Å²) in [7, 11) is 0. The van der Waals surface area contributed by atoms with Crippen LogP contribution < -0.4 is 10.6 Å². The van der Waals surface area contributed by atoms with E-state index in [2.05, 4.69) is 26.6 Å². The van der Waals surface area contributed by atoms with E-state index in [1.54, 1.807) is 12.1 Å². The number of nitrogens with one attached hydrogen (secondary N) is 2. The summed E-state index contributed by atoms with van der Waals surface area (Å²) in [6.45, 7) is 0.453. The van der Waals surface area contributed by atoms with Crippen LogP contribution in [0.15, 0.2) is 22.7 Å². The average molecular weight is 387 g/mol. The number of rotatable bonds is 5. The van der Waals surface area contributed by atoms with Gasteiger partial charge in [0.25, 0.3) is 0 Å². The minimum atomic E-state index is -0.752. The van der Waals surface area contributed by atoms with Crippen LogP contribution in [0.3, 0.4) is 0 Å². The van der Waals surface area contributed by atoms with E-state index in [9.17, 15) is 14.0 Å². The number of halogens is 2. The number of carbonyl (C=O) groups is 2. The molecule has 2 amide bonds. The van der Waals surface area contributed by atoms with E-state index in [-0.39, 0.29) is 23.8 Å². The number of aliphatic carboxylic acids is 1. The Morgan fingerprint density at radius 3 is 2.57 bits per heavy atom. The van der Waals surface area contributed by atoms with Crippen LogP contribution in [0.4, 0.5) is 9.18 Å². The summed E-state index contributed by atoms with van der Waals surface area (Å²) in [5.74, 6) is -1.34. The maximum absolute atomic E-state index is 13.1. The zero-order valence-corrected chi connectivity index (χ0v) is 14.2. The van der Waals surface area contributed by atoms with Crippen LogP contribution in [-0.4, -0.2) is 29.7 Å². The first-order chi connectivity index (χ1) is 11.0. The fraction of sp³-hybridized carbons (Fsp3) is 0.500. The van der Waals surface area contributed by atoms with Crippen LogP contribution in [0.2, 0.25) is 0 Å². The van der Waals surface area contributed by atoms with Crippen LogP contribution in [-0.2, 0) is 11.2 Å². The van der Waals surface area contributed by atoms with Gasteiger partial charge in [0, 0.05) is 12.6 Å². The smallest absolute Gasteiger partial charge is 0.315 e. The predicted octanol–water partition coefficient (Wildman–Crippen LogP) is 3.07. The van der Waals surface area contributed by atoms with E-state index >= 15 is 0 Å². The number of benzene rings is 1. The monoisotopic (exact) mass is 386 g/mol. The Hall–Kier alpha value is -1.63. The molecule has 126 valence electrons. The minimum Gasteiger partial charge on any atom is -0.481 e. The largest absolute Gasteiger partial charge is 0.481 e. The highest BCUT2D eigenvalue weighted by Crippen LogP contribution is 2.24. The number of carboxylic acids is 1. The van der Waals surface area contributed by atoms with Gasteiger partial charge in [-0.05, 0) is 65.7 Å². The van der Waals surface area contributed by atoms with Crippen molar-refractivity contribution in [2.75, 3.05) is 6.54 Å². The molecule has 23 heavy (non-hydrogen) atoms. The standard InChI is InChI=1S/C16H20BrFN2O3/c17-13-9-10(1-6-14(13)18)7-8-19-16(23)20-12-4-2-11(3-5-12)15(21)22/h1,6,9,11-12H,2-5,7-8H2,(H,21,22)(H2,19,20,23). The second-order valence-electron chi connectivity index (χ2n) is 5.79. The second-order valence-corrected chi connectivity index (χ2v) is 6.64. The quantitative estimate of drug-likeness (QED) is 0.727. The van der Waals surface area contributed by atoms with Crippen molar-refractivity contribution in [1.29, 1.82) is 0 Å². The molecule has 2 rings (SSSR count). The SMILES string of the molecule is O=C(NCCc1ccc(F)c(Br)c1)NC1CCC(C(=O)O)CC1. The molecule has 0 atom stereocenters. The summed E-state index contributed by atoms with van der Waals surface area (Å²) >= 11 is 3.13. The minimum absolute atomic E-state index is 0.0329. The maximum atomic E-state index is 13.1. The van der Waals surface area contributed by atoms with E-state index in [4.69, 9.17) is 5.11 Å². The van der Waals surface area contributed by atoms with Gasteiger partial charge in [-0.1, -0.05) is 6.07 Å². The highest BCUT2D eigenvalue weighted by molar-refractivity contribution is 9.10. The molecule has 1 fully saturated rings. The van der Waals surface area contributed by atoms with Gasteiger partial charge in [-0.2, -0.15) is 0 Å². The summed E-state index contributed by atoms with van der Waals surface area (Å²) in [5.41, 5.74) is 0.931. The highest BCUT2D eigenvalue weighted by Gasteiger charge is 2.26. The third kappa shape index (κ3) is 5.49. The van der Waals surface area contributed by atoms with Gasteiger partial charge in [0.1, 0.15) is 5.82 Å². The molecule has 0 unspecified atom stereocenters. The van der Waals surface area contributed by atoms with Crippen LogP contribution in [0.25, 0.3) is 0 Å². The molecule has 1 aliphatic rings. The van der Waals surface area contributed by atoms with Gasteiger partial charge >= 0.3 is 12.0 Å². The average Bonchev–Trinajstić information content (AvgIpc) is 2.51. The molecule has 0 saturated heterocycles. The normalized spacial score (nSPS) is 20.8. The van der Waals surface area contributed by atoms with Gasteiger partial charge in [0.05, 0.1) is 10.4 Å². The summed E-state index contributed by atoms with van der Waals surface area (Å²) in [6.07, 6.45) is 3.19. The number of hydrogen-bond acceptors (Lipinski definition) is 2. The third-order valence-corrected chi connectivity index (χ3v) is 4.70. The van der Waals surface area contributed by atoms with Crippen molar-refractivity contribution < 1.29 is 19.1 Å². The molecule has 1 aromatic rings. The fourth-order valence-electron chi connectivity index (χ4n) is 2.74. The number of carbonyl (C=O) groups excluding carboxylic acids is 1. The molecule has 0 aliphatic heterocycles. The Kier molecular flexibility index (Phi) is 6.38. The lowest BCUT2D eigenvalue weighted by Gasteiger charge is -2.26. The molecule has 5 nitrogen and oxygen atoms in total. The van der Waals surface area contributed by atoms with E-state index in [1.807, 2.05) is 0 Å². The van der Waals surface area contributed by atoms with Crippen molar-refractivity contribution in [3.8, 4) is 0 Å². The lowest BCUT2D eigenvalue weighted by Crippen LogP contribution is -2.44. The first-order valence-electron chi connectivity index (χ1n) is 7.67. The Morgan fingerprint density at radius 1 is 1.26 bits per heavy atom. The molecule has 1 aliphatic carbocycles. The summed E-state index contributed by atoms with van der Waals surface area (Å²) < 4.78 is 13.5. The van der Waals surface area contributed by atoms with Crippen molar-refractivity contribution in [2.24, 2.45) is 5.92 Å². The number of carboxylic acid groups (broad SMARTS) is 1. The van der Waals surface area contributed by atoms with E-state index in [1.165, 1.54) is 6.07 Å². The molecule has 0 bridgehead atoms. The van der Waals surface area contributed by atoms with Gasteiger partial charge in [-0.15, -0.1) is 0 Å². The summed E-state index contributed by atoms with van der Waals surface area (Å²) in [6, 6.07) is 4.56.